The van der Waals surface area contributed by atoms with Crippen molar-refractivity contribution in [1.29, 1.82) is 0 Å². The van der Waals surface area contributed by atoms with E-state index in [1.807, 2.05) is 37.4 Å². The lowest BCUT2D eigenvalue weighted by Gasteiger charge is -2.08. The molecule has 0 atom stereocenters. The summed E-state index contributed by atoms with van der Waals surface area (Å²) in [6.07, 6.45) is 1.84. The molecule has 2 rings (SSSR count). The number of nitrogens with zero attached hydrogens (tertiary/aromatic N) is 2. The van der Waals surface area contributed by atoms with Crippen molar-refractivity contribution in [2.75, 3.05) is 0 Å². The zero-order valence-electron chi connectivity index (χ0n) is 8.44. The Balaban J connectivity index is 2.52. The fraction of sp³-hybridized carbons (Fsp3) is 0.182. The Morgan fingerprint density at radius 3 is 2.60 bits per heavy atom. The molecule has 0 amide bonds. The third kappa shape index (κ3) is 1.96. The molecule has 3 nitrogen and oxygen atoms in total. The summed E-state index contributed by atoms with van der Waals surface area (Å²) in [6.45, 7) is 2.47. The third-order valence-corrected chi connectivity index (χ3v) is 2.81. The van der Waals surface area contributed by atoms with Gasteiger partial charge in [-0.05, 0) is 31.2 Å². The highest BCUT2D eigenvalue weighted by atomic mass is 79.9. The van der Waals surface area contributed by atoms with E-state index in [1.165, 1.54) is 0 Å². The zero-order chi connectivity index (χ0) is 10.8. The first-order chi connectivity index (χ1) is 7.22. The minimum atomic E-state index is 0.448. The van der Waals surface area contributed by atoms with Crippen molar-refractivity contribution in [3.63, 3.8) is 0 Å². The highest BCUT2D eigenvalue weighted by molar-refractivity contribution is 9.10. The van der Waals surface area contributed by atoms with Crippen LogP contribution >= 0.6 is 15.9 Å². The molecule has 0 aliphatic rings. The van der Waals surface area contributed by atoms with Crippen molar-refractivity contribution < 1.29 is 0 Å². The molecule has 2 N–H and O–H groups in total. The second-order valence-electron chi connectivity index (χ2n) is 3.33. The highest BCUT2D eigenvalue weighted by Gasteiger charge is 2.06. The van der Waals surface area contributed by atoms with Gasteiger partial charge < -0.3 is 5.73 Å². The number of aryl methyl sites for hydroxylation is 1. The Bertz CT molecular complexity index is 459. The number of hydrogen-bond acceptors (Lipinski definition) is 2. The number of rotatable bonds is 2. The Labute approximate surface area is 97.1 Å². The summed E-state index contributed by atoms with van der Waals surface area (Å²) in [7, 11) is 0. The van der Waals surface area contributed by atoms with Crippen LogP contribution in [0.1, 0.15) is 11.5 Å². The lowest BCUT2D eigenvalue weighted by molar-refractivity contribution is 0.852. The second-order valence-corrected chi connectivity index (χ2v) is 4.25. The molecule has 1 aromatic heterocycles. The lowest BCUT2D eigenvalue weighted by atomic mass is 10.3. The predicted molar refractivity (Wildman–Crippen MR) is 63.9 cm³/mol. The highest BCUT2D eigenvalue weighted by Crippen LogP contribution is 2.17. The van der Waals surface area contributed by atoms with Crippen molar-refractivity contribution in [2.24, 2.45) is 5.73 Å². The number of hydrogen-bond donors (Lipinski definition) is 1. The van der Waals surface area contributed by atoms with E-state index in [4.69, 9.17) is 5.73 Å². The lowest BCUT2D eigenvalue weighted by Crippen LogP contribution is -2.07. The van der Waals surface area contributed by atoms with Crippen LogP contribution in [0.2, 0.25) is 0 Å². The normalized spacial score (nSPS) is 10.6. The molecule has 0 saturated heterocycles. The summed E-state index contributed by atoms with van der Waals surface area (Å²) in [5.74, 6) is 0.884. The van der Waals surface area contributed by atoms with Crippen LogP contribution in [0.4, 0.5) is 0 Å². The molecule has 0 radical (unpaired) electrons. The Morgan fingerprint density at radius 2 is 2.00 bits per heavy atom. The van der Waals surface area contributed by atoms with Gasteiger partial charge in [0.15, 0.2) is 0 Å². The van der Waals surface area contributed by atoms with Crippen LogP contribution in [0.15, 0.2) is 34.9 Å². The van der Waals surface area contributed by atoms with Gasteiger partial charge in [-0.25, -0.2) is 4.98 Å². The van der Waals surface area contributed by atoms with E-state index >= 15 is 0 Å². The number of aromatic nitrogens is 2. The number of benzene rings is 1. The molecule has 78 valence electrons. The van der Waals surface area contributed by atoms with Crippen LogP contribution in [0, 0.1) is 6.92 Å². The number of imidazole rings is 1. The summed E-state index contributed by atoms with van der Waals surface area (Å²) in [6, 6.07) is 8.10. The van der Waals surface area contributed by atoms with Crippen molar-refractivity contribution >= 4 is 15.9 Å². The van der Waals surface area contributed by atoms with E-state index < -0.39 is 0 Å². The molecule has 4 heteroatoms. The van der Waals surface area contributed by atoms with Crippen LogP contribution in [0.25, 0.3) is 5.69 Å². The van der Waals surface area contributed by atoms with E-state index in [9.17, 15) is 0 Å². The van der Waals surface area contributed by atoms with Crippen LogP contribution in [-0.4, -0.2) is 9.55 Å². The molecular formula is C11H12BrN3. The Kier molecular flexibility index (Phi) is 2.88. The van der Waals surface area contributed by atoms with E-state index in [-0.39, 0.29) is 0 Å². The second kappa shape index (κ2) is 4.16. The molecule has 0 fully saturated rings. The molecule has 15 heavy (non-hydrogen) atoms. The number of halogens is 1. The predicted octanol–water partition coefficient (Wildman–Crippen LogP) is 2.40. The van der Waals surface area contributed by atoms with Gasteiger partial charge in [-0.2, -0.15) is 0 Å². The molecule has 2 aromatic rings. The molecule has 0 aliphatic carbocycles. The molecule has 1 heterocycles. The zero-order valence-corrected chi connectivity index (χ0v) is 10.0. The molecule has 0 saturated carbocycles. The van der Waals surface area contributed by atoms with Gasteiger partial charge in [0.05, 0.1) is 6.54 Å². The van der Waals surface area contributed by atoms with E-state index in [0.717, 1.165) is 21.7 Å². The van der Waals surface area contributed by atoms with Gasteiger partial charge in [-0.1, -0.05) is 15.9 Å². The van der Waals surface area contributed by atoms with Gasteiger partial charge in [-0.3, -0.25) is 4.57 Å². The molecule has 0 unspecified atom stereocenters. The van der Waals surface area contributed by atoms with Gasteiger partial charge in [-0.15, -0.1) is 0 Å². The molecular weight excluding hydrogens is 254 g/mol. The first-order valence-corrected chi connectivity index (χ1v) is 5.51. The summed E-state index contributed by atoms with van der Waals surface area (Å²) in [4.78, 5) is 4.26. The average molecular weight is 266 g/mol. The van der Waals surface area contributed by atoms with Gasteiger partial charge >= 0.3 is 0 Å². The molecule has 0 bridgehead atoms. The van der Waals surface area contributed by atoms with E-state index in [2.05, 4.69) is 25.5 Å². The van der Waals surface area contributed by atoms with Crippen molar-refractivity contribution in [1.82, 2.24) is 9.55 Å². The summed E-state index contributed by atoms with van der Waals surface area (Å²) >= 11 is 3.41. The van der Waals surface area contributed by atoms with Crippen molar-refractivity contribution in [3.8, 4) is 5.69 Å². The summed E-state index contributed by atoms with van der Waals surface area (Å²) < 4.78 is 3.13. The van der Waals surface area contributed by atoms with Crippen LogP contribution < -0.4 is 5.73 Å². The third-order valence-electron chi connectivity index (χ3n) is 2.28. The maximum absolute atomic E-state index is 5.64. The minimum Gasteiger partial charge on any atom is -0.324 e. The molecule has 0 spiro atoms. The van der Waals surface area contributed by atoms with Crippen molar-refractivity contribution in [2.45, 2.75) is 13.5 Å². The topological polar surface area (TPSA) is 43.8 Å². The van der Waals surface area contributed by atoms with Crippen LogP contribution in [0.3, 0.4) is 0 Å². The van der Waals surface area contributed by atoms with Gasteiger partial charge in [0.1, 0.15) is 5.82 Å². The number of nitrogens with two attached hydrogens (primary N) is 1. The largest absolute Gasteiger partial charge is 0.324 e. The van der Waals surface area contributed by atoms with Gasteiger partial charge in [0.2, 0.25) is 0 Å². The Morgan fingerprint density at radius 1 is 1.33 bits per heavy atom. The summed E-state index contributed by atoms with van der Waals surface area (Å²) in [5.41, 5.74) is 7.83. The average Bonchev–Trinajstić information content (AvgIpc) is 2.61. The first kappa shape index (κ1) is 10.4. The minimum absolute atomic E-state index is 0.448. The van der Waals surface area contributed by atoms with Crippen LogP contribution in [0.5, 0.6) is 0 Å². The SMILES string of the molecule is Cc1cnc(CN)n1-c1ccc(Br)cc1. The monoisotopic (exact) mass is 265 g/mol. The van der Waals surface area contributed by atoms with Gasteiger partial charge in [0.25, 0.3) is 0 Å². The van der Waals surface area contributed by atoms with E-state index in [1.54, 1.807) is 0 Å². The maximum Gasteiger partial charge on any atom is 0.127 e. The van der Waals surface area contributed by atoms with E-state index in [0.29, 0.717) is 6.54 Å². The standard InChI is InChI=1S/C11H12BrN3/c1-8-7-14-11(6-13)15(8)10-4-2-9(12)3-5-10/h2-5,7H,6,13H2,1H3. The van der Waals surface area contributed by atoms with Crippen LogP contribution in [-0.2, 0) is 6.54 Å². The smallest absolute Gasteiger partial charge is 0.127 e. The first-order valence-electron chi connectivity index (χ1n) is 4.71. The quantitative estimate of drug-likeness (QED) is 0.907. The van der Waals surface area contributed by atoms with Crippen molar-refractivity contribution in [3.05, 3.63) is 46.5 Å². The Hall–Kier alpha value is -1.13. The maximum atomic E-state index is 5.64. The fourth-order valence-electron chi connectivity index (χ4n) is 1.57. The summed E-state index contributed by atoms with van der Waals surface area (Å²) in [5, 5.41) is 0. The fourth-order valence-corrected chi connectivity index (χ4v) is 1.84. The molecule has 1 aromatic carbocycles. The molecule has 0 aliphatic heterocycles. The van der Waals surface area contributed by atoms with Gasteiger partial charge in [0, 0.05) is 22.1 Å².